The van der Waals surface area contributed by atoms with Crippen LogP contribution in [0.15, 0.2) is 24.4 Å². The van der Waals surface area contributed by atoms with Gasteiger partial charge in [-0.2, -0.15) is 0 Å². The first-order valence-electron chi connectivity index (χ1n) is 7.78. The Morgan fingerprint density at radius 3 is 2.71 bits per heavy atom. The summed E-state index contributed by atoms with van der Waals surface area (Å²) in [5.41, 5.74) is 8.07. The zero-order valence-electron chi connectivity index (χ0n) is 13.0. The summed E-state index contributed by atoms with van der Waals surface area (Å²) in [5.74, 6) is 1.13. The molecular weight excluding hydrogens is 262 g/mol. The van der Waals surface area contributed by atoms with Crippen molar-refractivity contribution in [1.82, 2.24) is 14.3 Å². The molecule has 0 amide bonds. The van der Waals surface area contributed by atoms with E-state index in [-0.39, 0.29) is 0 Å². The highest BCUT2D eigenvalue weighted by molar-refractivity contribution is 5.56. The predicted octanol–water partition coefficient (Wildman–Crippen LogP) is 1.37. The van der Waals surface area contributed by atoms with Crippen molar-refractivity contribution in [3.63, 3.8) is 0 Å². The van der Waals surface area contributed by atoms with Gasteiger partial charge in [-0.15, -0.1) is 0 Å². The van der Waals surface area contributed by atoms with Crippen molar-refractivity contribution in [2.45, 2.75) is 25.3 Å². The van der Waals surface area contributed by atoms with Gasteiger partial charge in [0, 0.05) is 31.7 Å². The smallest absolute Gasteiger partial charge is 0.151 e. The van der Waals surface area contributed by atoms with Crippen molar-refractivity contribution in [2.75, 3.05) is 38.6 Å². The fourth-order valence-electron chi connectivity index (χ4n) is 3.25. The average Bonchev–Trinajstić information content (AvgIpc) is 2.87. The molecule has 3 rings (SSSR count). The van der Waals surface area contributed by atoms with Gasteiger partial charge in [0.2, 0.25) is 0 Å². The van der Waals surface area contributed by atoms with Gasteiger partial charge >= 0.3 is 0 Å². The van der Waals surface area contributed by atoms with Crippen LogP contribution in [0.5, 0.6) is 0 Å². The van der Waals surface area contributed by atoms with Crippen LogP contribution in [0.1, 0.15) is 18.5 Å². The minimum absolute atomic E-state index is 0.657. The van der Waals surface area contributed by atoms with E-state index in [2.05, 4.69) is 46.6 Å². The van der Waals surface area contributed by atoms with Gasteiger partial charge in [0.15, 0.2) is 5.82 Å². The van der Waals surface area contributed by atoms with Crippen LogP contribution in [-0.4, -0.2) is 54.1 Å². The fraction of sp³-hybridized carbons (Fsp3) is 0.562. The van der Waals surface area contributed by atoms with Crippen molar-refractivity contribution >= 4 is 11.5 Å². The second-order valence-electron chi connectivity index (χ2n) is 6.03. The van der Waals surface area contributed by atoms with E-state index in [0.29, 0.717) is 12.6 Å². The molecule has 0 saturated carbocycles. The first-order chi connectivity index (χ1) is 10.2. The largest absolute Gasteiger partial charge is 0.355 e. The number of aromatic nitrogens is 2. The van der Waals surface area contributed by atoms with Crippen molar-refractivity contribution in [1.29, 1.82) is 0 Å². The molecule has 3 heterocycles. The number of hydrogen-bond donors (Lipinski definition) is 1. The first-order valence-corrected chi connectivity index (χ1v) is 7.78. The molecule has 0 spiro atoms. The summed E-state index contributed by atoms with van der Waals surface area (Å²) in [5, 5.41) is 0. The molecule has 2 N–H and O–H groups in total. The number of nitrogens with zero attached hydrogens (tertiary/aromatic N) is 4. The van der Waals surface area contributed by atoms with Gasteiger partial charge in [-0.05, 0) is 45.6 Å². The molecule has 0 aromatic carbocycles. The van der Waals surface area contributed by atoms with Crippen molar-refractivity contribution in [3.05, 3.63) is 30.1 Å². The number of hydrogen-bond acceptors (Lipinski definition) is 4. The second kappa shape index (κ2) is 6.03. The molecule has 1 saturated heterocycles. The maximum absolute atomic E-state index is 5.80. The molecule has 21 heavy (non-hydrogen) atoms. The summed E-state index contributed by atoms with van der Waals surface area (Å²) in [6, 6.07) is 6.85. The number of imidazole rings is 1. The van der Waals surface area contributed by atoms with Crippen LogP contribution in [0.4, 0.5) is 5.82 Å². The number of anilines is 1. The van der Waals surface area contributed by atoms with Crippen molar-refractivity contribution < 1.29 is 0 Å². The van der Waals surface area contributed by atoms with Gasteiger partial charge in [0.1, 0.15) is 5.65 Å². The lowest BCUT2D eigenvalue weighted by atomic mass is 10.0. The summed E-state index contributed by atoms with van der Waals surface area (Å²) in [6.45, 7) is 2.80. The van der Waals surface area contributed by atoms with Gasteiger partial charge in [0.25, 0.3) is 0 Å². The Labute approximate surface area is 126 Å². The number of fused-ring (bicyclic) bond motifs is 1. The van der Waals surface area contributed by atoms with Crippen LogP contribution in [0, 0.1) is 0 Å². The van der Waals surface area contributed by atoms with E-state index < -0.39 is 0 Å². The van der Waals surface area contributed by atoms with Crippen LogP contribution in [0.25, 0.3) is 5.65 Å². The molecule has 1 aliphatic rings. The molecule has 0 aliphatic carbocycles. The molecule has 1 aliphatic heterocycles. The van der Waals surface area contributed by atoms with Gasteiger partial charge < -0.3 is 19.9 Å². The predicted molar refractivity (Wildman–Crippen MR) is 86.9 cm³/mol. The summed E-state index contributed by atoms with van der Waals surface area (Å²) < 4.78 is 2.18. The van der Waals surface area contributed by atoms with E-state index in [1.54, 1.807) is 0 Å². The summed E-state index contributed by atoms with van der Waals surface area (Å²) >= 11 is 0. The molecule has 1 fully saturated rings. The standard InChI is InChI=1S/C16H25N5/c1-19(2)13-7-11-20(12-8-13)16-14(6-9-17)21-10-4-3-5-15(21)18-16/h3-5,10,13H,6-9,11-12,17H2,1-2H3. The van der Waals surface area contributed by atoms with Gasteiger partial charge in [0.05, 0.1) is 5.69 Å². The Morgan fingerprint density at radius 1 is 1.29 bits per heavy atom. The van der Waals surface area contributed by atoms with E-state index in [9.17, 15) is 0 Å². The lowest BCUT2D eigenvalue weighted by Crippen LogP contribution is -2.42. The second-order valence-corrected chi connectivity index (χ2v) is 6.03. The molecule has 5 heteroatoms. The highest BCUT2D eigenvalue weighted by atomic mass is 15.2. The maximum Gasteiger partial charge on any atom is 0.151 e. The molecule has 114 valence electrons. The minimum atomic E-state index is 0.657. The number of rotatable bonds is 4. The van der Waals surface area contributed by atoms with Crippen molar-refractivity contribution in [3.8, 4) is 0 Å². The molecule has 0 unspecified atom stereocenters. The lowest BCUT2D eigenvalue weighted by Gasteiger charge is -2.35. The summed E-state index contributed by atoms with van der Waals surface area (Å²) in [6.07, 6.45) is 5.35. The first kappa shape index (κ1) is 14.4. The number of pyridine rings is 1. The van der Waals surface area contributed by atoms with E-state index in [1.807, 2.05) is 6.07 Å². The minimum Gasteiger partial charge on any atom is -0.355 e. The highest BCUT2D eigenvalue weighted by Crippen LogP contribution is 2.26. The van der Waals surface area contributed by atoms with E-state index in [1.165, 1.54) is 18.5 Å². The van der Waals surface area contributed by atoms with Gasteiger partial charge in [-0.25, -0.2) is 4.98 Å². The van der Waals surface area contributed by atoms with E-state index in [0.717, 1.165) is 31.0 Å². The van der Waals surface area contributed by atoms with Gasteiger partial charge in [-0.3, -0.25) is 0 Å². The molecule has 0 radical (unpaired) electrons. The van der Waals surface area contributed by atoms with Gasteiger partial charge in [-0.1, -0.05) is 6.07 Å². The SMILES string of the molecule is CN(C)C1CCN(c2nc3ccccn3c2CCN)CC1. The maximum atomic E-state index is 5.80. The summed E-state index contributed by atoms with van der Waals surface area (Å²) in [7, 11) is 4.34. The molecule has 5 nitrogen and oxygen atoms in total. The molecular formula is C16H25N5. The third-order valence-electron chi connectivity index (χ3n) is 4.48. The van der Waals surface area contributed by atoms with E-state index >= 15 is 0 Å². The van der Waals surface area contributed by atoms with Crippen LogP contribution >= 0.6 is 0 Å². The molecule has 0 atom stereocenters. The Kier molecular flexibility index (Phi) is 4.12. The third-order valence-corrected chi connectivity index (χ3v) is 4.48. The highest BCUT2D eigenvalue weighted by Gasteiger charge is 2.24. The number of piperidine rings is 1. The van der Waals surface area contributed by atoms with E-state index in [4.69, 9.17) is 10.7 Å². The number of nitrogens with two attached hydrogens (primary N) is 1. The topological polar surface area (TPSA) is 49.8 Å². The van der Waals surface area contributed by atoms with Crippen molar-refractivity contribution in [2.24, 2.45) is 5.73 Å². The average molecular weight is 287 g/mol. The monoisotopic (exact) mass is 287 g/mol. The lowest BCUT2D eigenvalue weighted by molar-refractivity contribution is 0.249. The third kappa shape index (κ3) is 2.76. The van der Waals surface area contributed by atoms with Crippen LogP contribution in [0.2, 0.25) is 0 Å². The Morgan fingerprint density at radius 2 is 2.05 bits per heavy atom. The van der Waals surface area contributed by atoms with Crippen LogP contribution < -0.4 is 10.6 Å². The zero-order chi connectivity index (χ0) is 14.8. The van der Waals surface area contributed by atoms with Crippen LogP contribution in [0.3, 0.4) is 0 Å². The summed E-state index contributed by atoms with van der Waals surface area (Å²) in [4.78, 5) is 9.61. The molecule has 0 bridgehead atoms. The Balaban J connectivity index is 1.88. The van der Waals surface area contributed by atoms with Crippen LogP contribution in [-0.2, 0) is 6.42 Å². The molecule has 2 aromatic heterocycles. The quantitative estimate of drug-likeness (QED) is 0.922. The normalized spacial score (nSPS) is 17.0. The Bertz CT molecular complexity index is 596. The fourth-order valence-corrected chi connectivity index (χ4v) is 3.25. The Hall–Kier alpha value is -1.59. The molecule has 2 aromatic rings. The zero-order valence-corrected chi connectivity index (χ0v) is 13.0.